The minimum atomic E-state index is -4.34. The van der Waals surface area contributed by atoms with Gasteiger partial charge in [0.05, 0.1) is 10.7 Å². The largest absolute Gasteiger partial charge is 0.411 e. The maximum Gasteiger partial charge on any atom is 0.411 e. The highest BCUT2D eigenvalue weighted by atomic mass is 35.5. The molecule has 1 aromatic heterocycles. The summed E-state index contributed by atoms with van der Waals surface area (Å²) in [4.78, 5) is 8.60. The van der Waals surface area contributed by atoms with E-state index in [1.54, 1.807) is 18.3 Å². The quantitative estimate of drug-likeness (QED) is 0.199. The highest BCUT2D eigenvalue weighted by Gasteiger charge is 2.27. The van der Waals surface area contributed by atoms with Gasteiger partial charge in [-0.15, -0.1) is 0 Å². The van der Waals surface area contributed by atoms with E-state index in [4.69, 9.17) is 11.6 Å². The van der Waals surface area contributed by atoms with Crippen molar-refractivity contribution in [3.05, 3.63) is 58.0 Å². The molecule has 0 unspecified atom stereocenters. The Bertz CT molecular complexity index is 996. The molecule has 1 aromatic carbocycles. The van der Waals surface area contributed by atoms with E-state index in [0.29, 0.717) is 47.9 Å². The minimum absolute atomic E-state index is 0.0231. The highest BCUT2D eigenvalue weighted by Crippen LogP contribution is 2.26. The van der Waals surface area contributed by atoms with E-state index >= 15 is 0 Å². The molecule has 3 rings (SSSR count). The minimum Gasteiger partial charge on any atom is -0.411 e. The number of ether oxygens (including phenoxy) is 1. The van der Waals surface area contributed by atoms with Gasteiger partial charge in [-0.1, -0.05) is 22.8 Å². The number of nitrogens with zero attached hydrogens (tertiary/aromatic N) is 3. The van der Waals surface area contributed by atoms with Crippen LogP contribution >= 0.6 is 11.6 Å². The van der Waals surface area contributed by atoms with Crippen LogP contribution in [-0.2, 0) is 17.6 Å². The van der Waals surface area contributed by atoms with Gasteiger partial charge in [-0.25, -0.2) is 9.37 Å². The number of alkyl halides is 3. The standard InChI is InChI=1S/C20H19ClF4N4O2/c21-15-8-12(2-3-16(15)22)9-17(29-30)13-4-6-27-19-14(13)10-18(28-19)26-5-1-7-31-11-20(23,24)25/h2-4,6,8,30H,1,5,7,9-11H2,(H,26,27,28)/b29-17+. The Morgan fingerprint density at radius 1 is 1.29 bits per heavy atom. The van der Waals surface area contributed by atoms with Crippen LogP contribution in [0.2, 0.25) is 5.02 Å². The van der Waals surface area contributed by atoms with Crippen LogP contribution in [0.25, 0.3) is 0 Å². The molecule has 2 heterocycles. The Morgan fingerprint density at radius 3 is 2.81 bits per heavy atom. The number of fused-ring (bicyclic) bond motifs is 1. The van der Waals surface area contributed by atoms with Gasteiger partial charge in [-0.05, 0) is 30.2 Å². The van der Waals surface area contributed by atoms with Gasteiger partial charge in [0.15, 0.2) is 0 Å². The fourth-order valence-electron chi connectivity index (χ4n) is 3.09. The Kier molecular flexibility index (Phi) is 7.45. The molecule has 166 valence electrons. The van der Waals surface area contributed by atoms with Crippen molar-refractivity contribution < 1.29 is 27.5 Å². The summed E-state index contributed by atoms with van der Waals surface area (Å²) in [6.45, 7) is -1.03. The first-order valence-corrected chi connectivity index (χ1v) is 9.72. The lowest BCUT2D eigenvalue weighted by Gasteiger charge is -2.09. The number of hydrogen-bond donors (Lipinski definition) is 2. The molecule has 0 atom stereocenters. The van der Waals surface area contributed by atoms with Crippen molar-refractivity contribution in [2.45, 2.75) is 25.4 Å². The van der Waals surface area contributed by atoms with E-state index in [0.717, 1.165) is 5.56 Å². The molecule has 0 saturated carbocycles. The summed E-state index contributed by atoms with van der Waals surface area (Å²) in [5.41, 5.74) is 2.45. The number of oxime groups is 1. The van der Waals surface area contributed by atoms with Gasteiger partial charge in [-0.3, -0.25) is 4.99 Å². The Balaban J connectivity index is 1.64. The van der Waals surface area contributed by atoms with Crippen molar-refractivity contribution >= 4 is 29.0 Å². The molecule has 0 bridgehead atoms. The summed E-state index contributed by atoms with van der Waals surface area (Å²) in [6, 6.07) is 5.97. The number of anilines is 1. The van der Waals surface area contributed by atoms with Crippen molar-refractivity contribution in [3.63, 3.8) is 0 Å². The molecule has 0 radical (unpaired) electrons. The molecular weight excluding hydrogens is 440 g/mol. The SMILES string of the molecule is O/N=C(\Cc1ccc(F)c(Cl)c1)c1ccnc2c1CC(=NCCCOCC(F)(F)F)N2. The lowest BCUT2D eigenvalue weighted by atomic mass is 9.98. The number of nitrogens with one attached hydrogen (secondary N) is 1. The van der Waals surface area contributed by atoms with Crippen LogP contribution < -0.4 is 5.32 Å². The van der Waals surface area contributed by atoms with E-state index in [-0.39, 0.29) is 18.1 Å². The first-order chi connectivity index (χ1) is 14.8. The van der Waals surface area contributed by atoms with Crippen molar-refractivity contribution in [3.8, 4) is 0 Å². The monoisotopic (exact) mass is 458 g/mol. The second-order valence-electron chi connectivity index (χ2n) is 6.81. The maximum atomic E-state index is 13.4. The first kappa shape index (κ1) is 23.0. The van der Waals surface area contributed by atoms with Gasteiger partial charge in [0.25, 0.3) is 0 Å². The number of amidine groups is 1. The summed E-state index contributed by atoms with van der Waals surface area (Å²) >= 11 is 5.82. The van der Waals surface area contributed by atoms with Gasteiger partial charge in [0, 0.05) is 43.3 Å². The maximum absolute atomic E-state index is 13.4. The molecule has 31 heavy (non-hydrogen) atoms. The predicted molar refractivity (Wildman–Crippen MR) is 109 cm³/mol. The fourth-order valence-corrected chi connectivity index (χ4v) is 3.29. The zero-order valence-corrected chi connectivity index (χ0v) is 17.0. The number of aliphatic imine (C=N–C) groups is 1. The molecule has 1 aliphatic rings. The smallest absolute Gasteiger partial charge is 0.411 e. The number of rotatable bonds is 8. The molecule has 2 aromatic rings. The third-order valence-electron chi connectivity index (χ3n) is 4.47. The van der Waals surface area contributed by atoms with E-state index in [9.17, 15) is 22.8 Å². The van der Waals surface area contributed by atoms with Crippen molar-refractivity contribution in [2.24, 2.45) is 10.1 Å². The van der Waals surface area contributed by atoms with Gasteiger partial charge < -0.3 is 15.3 Å². The van der Waals surface area contributed by atoms with Crippen LogP contribution in [-0.4, -0.2) is 47.7 Å². The number of benzene rings is 1. The van der Waals surface area contributed by atoms with Crippen LogP contribution in [0.5, 0.6) is 0 Å². The van der Waals surface area contributed by atoms with Gasteiger partial charge in [-0.2, -0.15) is 13.2 Å². The highest BCUT2D eigenvalue weighted by molar-refractivity contribution is 6.30. The van der Waals surface area contributed by atoms with Gasteiger partial charge in [0.1, 0.15) is 24.1 Å². The summed E-state index contributed by atoms with van der Waals surface area (Å²) in [6.07, 6.45) is -1.83. The van der Waals surface area contributed by atoms with Gasteiger partial charge >= 0.3 is 6.18 Å². The lowest BCUT2D eigenvalue weighted by molar-refractivity contribution is -0.173. The number of halogens is 5. The van der Waals surface area contributed by atoms with Crippen LogP contribution in [0.1, 0.15) is 23.1 Å². The Hall–Kier alpha value is -2.72. The normalized spacial score (nSPS) is 15.3. The van der Waals surface area contributed by atoms with E-state index in [1.165, 1.54) is 12.1 Å². The van der Waals surface area contributed by atoms with Crippen molar-refractivity contribution in [2.75, 3.05) is 25.1 Å². The van der Waals surface area contributed by atoms with E-state index in [2.05, 4.69) is 25.2 Å². The van der Waals surface area contributed by atoms with Crippen LogP contribution in [0, 0.1) is 5.82 Å². The fraction of sp³-hybridized carbons (Fsp3) is 0.350. The molecule has 0 aliphatic carbocycles. The topological polar surface area (TPSA) is 79.1 Å². The summed E-state index contributed by atoms with van der Waals surface area (Å²) in [5.74, 6) is 0.627. The van der Waals surface area contributed by atoms with Crippen LogP contribution in [0.4, 0.5) is 23.4 Å². The zero-order chi connectivity index (χ0) is 22.4. The van der Waals surface area contributed by atoms with Crippen LogP contribution in [0.15, 0.2) is 40.6 Å². The third-order valence-corrected chi connectivity index (χ3v) is 4.75. The average molecular weight is 459 g/mol. The number of hydrogen-bond acceptors (Lipinski definition) is 5. The molecule has 0 saturated heterocycles. The van der Waals surface area contributed by atoms with Crippen LogP contribution in [0.3, 0.4) is 0 Å². The second-order valence-corrected chi connectivity index (χ2v) is 7.22. The Labute approximate surface area is 180 Å². The zero-order valence-electron chi connectivity index (χ0n) is 16.2. The summed E-state index contributed by atoms with van der Waals surface area (Å²) < 4.78 is 54.1. The summed E-state index contributed by atoms with van der Waals surface area (Å²) in [5, 5.41) is 16.0. The van der Waals surface area contributed by atoms with Crippen molar-refractivity contribution in [1.82, 2.24) is 4.98 Å². The third kappa shape index (κ3) is 6.38. The molecule has 11 heteroatoms. The number of pyridine rings is 1. The molecule has 2 N–H and O–H groups in total. The lowest BCUT2D eigenvalue weighted by Crippen LogP contribution is -2.17. The average Bonchev–Trinajstić information content (AvgIpc) is 3.13. The summed E-state index contributed by atoms with van der Waals surface area (Å²) in [7, 11) is 0. The molecule has 6 nitrogen and oxygen atoms in total. The molecular formula is C20H19ClF4N4O2. The molecule has 0 spiro atoms. The second kappa shape index (κ2) is 10.1. The molecule has 1 aliphatic heterocycles. The van der Waals surface area contributed by atoms with Gasteiger partial charge in [0.2, 0.25) is 0 Å². The molecule has 0 fully saturated rings. The predicted octanol–water partition coefficient (Wildman–Crippen LogP) is 4.63. The first-order valence-electron chi connectivity index (χ1n) is 9.35. The Morgan fingerprint density at radius 2 is 2.10 bits per heavy atom. The van der Waals surface area contributed by atoms with E-state index in [1.807, 2.05) is 0 Å². The van der Waals surface area contributed by atoms with Crippen molar-refractivity contribution in [1.29, 1.82) is 0 Å². The molecule has 0 amide bonds. The van der Waals surface area contributed by atoms with E-state index < -0.39 is 18.6 Å². The number of aromatic nitrogens is 1.